The number of ether oxygens (including phenoxy) is 2. The summed E-state index contributed by atoms with van der Waals surface area (Å²) in [5.41, 5.74) is 2.50. The minimum atomic E-state index is -1.07. The van der Waals surface area contributed by atoms with Gasteiger partial charge in [-0.15, -0.1) is 0 Å². The molecule has 0 saturated carbocycles. The number of nitro benzene ring substituents is 1. The van der Waals surface area contributed by atoms with Crippen LogP contribution in [0.3, 0.4) is 0 Å². The van der Waals surface area contributed by atoms with E-state index in [-0.39, 0.29) is 35.7 Å². The van der Waals surface area contributed by atoms with Gasteiger partial charge in [-0.2, -0.15) is 0 Å². The Morgan fingerprint density at radius 2 is 1.83 bits per heavy atom. The number of nitrogens with zero attached hydrogens (tertiary/aromatic N) is 3. The normalized spacial score (nSPS) is 11.5. The standard InChI is InChI=1S/C28H27N5O8/c1-16-4-6-17(7-5-16)20(14-24(34)35)30-28(37)19-10-11-32-23(13-19)31-26(27(32)29-15-25(36)41-3)18-8-9-22(40-2)21(12-18)33(38)39/h4-13,20,29H,14-15H2,1-3H3,(H,30,37)(H,34,35). The third kappa shape index (κ3) is 6.41. The highest BCUT2D eigenvalue weighted by atomic mass is 16.6. The van der Waals surface area contributed by atoms with Crippen LogP contribution in [0.2, 0.25) is 0 Å². The number of methoxy groups -OCH3 is 2. The van der Waals surface area contributed by atoms with Crippen molar-refractivity contribution >= 4 is 35.0 Å². The van der Waals surface area contributed by atoms with Gasteiger partial charge in [-0.1, -0.05) is 29.8 Å². The molecule has 1 atom stereocenters. The Balaban J connectivity index is 1.74. The molecule has 0 aliphatic carbocycles. The van der Waals surface area contributed by atoms with Crippen LogP contribution in [0.1, 0.15) is 33.9 Å². The van der Waals surface area contributed by atoms with Crippen LogP contribution in [0.5, 0.6) is 5.75 Å². The predicted molar refractivity (Wildman–Crippen MR) is 148 cm³/mol. The Labute approximate surface area is 233 Å². The summed E-state index contributed by atoms with van der Waals surface area (Å²) in [6, 6.07) is 13.8. The number of pyridine rings is 1. The third-order valence-electron chi connectivity index (χ3n) is 6.33. The highest BCUT2D eigenvalue weighted by molar-refractivity contribution is 5.96. The van der Waals surface area contributed by atoms with Crippen molar-refractivity contribution in [2.45, 2.75) is 19.4 Å². The first-order valence-electron chi connectivity index (χ1n) is 12.4. The lowest BCUT2D eigenvalue weighted by atomic mass is 10.0. The summed E-state index contributed by atoms with van der Waals surface area (Å²) in [6.45, 7) is 1.69. The summed E-state index contributed by atoms with van der Waals surface area (Å²) in [7, 11) is 2.56. The number of aliphatic carboxylic acids is 1. The summed E-state index contributed by atoms with van der Waals surface area (Å²) in [6.07, 6.45) is 1.23. The molecule has 41 heavy (non-hydrogen) atoms. The second-order valence-corrected chi connectivity index (χ2v) is 9.06. The number of anilines is 1. The van der Waals surface area contributed by atoms with Crippen LogP contribution in [0.25, 0.3) is 16.9 Å². The molecule has 0 aliphatic rings. The molecule has 0 aliphatic heterocycles. The first-order valence-corrected chi connectivity index (χ1v) is 12.4. The van der Waals surface area contributed by atoms with Gasteiger partial charge in [0, 0.05) is 23.4 Å². The Kier molecular flexibility index (Phi) is 8.46. The number of benzene rings is 2. The topological polar surface area (TPSA) is 174 Å². The molecule has 13 nitrogen and oxygen atoms in total. The lowest BCUT2D eigenvalue weighted by Crippen LogP contribution is -2.30. The number of carboxylic acid groups (broad SMARTS) is 1. The average molecular weight is 562 g/mol. The second kappa shape index (κ2) is 12.2. The van der Waals surface area contributed by atoms with Crippen molar-refractivity contribution in [2.24, 2.45) is 0 Å². The smallest absolute Gasteiger partial charge is 0.325 e. The van der Waals surface area contributed by atoms with E-state index in [1.807, 2.05) is 19.1 Å². The molecule has 2 heterocycles. The number of fused-ring (bicyclic) bond motifs is 1. The zero-order chi connectivity index (χ0) is 29.7. The second-order valence-electron chi connectivity index (χ2n) is 9.06. The molecule has 4 aromatic rings. The summed E-state index contributed by atoms with van der Waals surface area (Å²) in [5, 5.41) is 26.7. The molecule has 212 valence electrons. The number of carboxylic acids is 1. The molecule has 0 bridgehead atoms. The number of hydrogen-bond donors (Lipinski definition) is 3. The van der Waals surface area contributed by atoms with Crippen LogP contribution < -0.4 is 15.4 Å². The maximum absolute atomic E-state index is 13.2. The minimum Gasteiger partial charge on any atom is -0.490 e. The number of carbonyl (C=O) groups is 3. The molecule has 0 spiro atoms. The van der Waals surface area contributed by atoms with E-state index >= 15 is 0 Å². The number of nitrogens with one attached hydrogen (secondary N) is 2. The number of esters is 1. The summed E-state index contributed by atoms with van der Waals surface area (Å²) in [5.74, 6) is -1.74. The Morgan fingerprint density at radius 1 is 1.10 bits per heavy atom. The number of carbonyl (C=O) groups excluding carboxylic acids is 2. The van der Waals surface area contributed by atoms with Crippen molar-refractivity contribution in [2.75, 3.05) is 26.1 Å². The number of rotatable bonds is 11. The first-order chi connectivity index (χ1) is 19.6. The third-order valence-corrected chi connectivity index (χ3v) is 6.33. The highest BCUT2D eigenvalue weighted by Crippen LogP contribution is 2.35. The van der Waals surface area contributed by atoms with Crippen LogP contribution in [0.4, 0.5) is 11.5 Å². The van der Waals surface area contributed by atoms with E-state index in [1.165, 1.54) is 38.5 Å². The number of nitro groups is 1. The molecular weight excluding hydrogens is 534 g/mol. The summed E-state index contributed by atoms with van der Waals surface area (Å²) in [4.78, 5) is 52.2. The van der Waals surface area contributed by atoms with Crippen LogP contribution in [0.15, 0.2) is 60.8 Å². The van der Waals surface area contributed by atoms with Gasteiger partial charge in [0.15, 0.2) is 5.75 Å². The SMILES string of the molecule is COC(=O)CNc1c(-c2ccc(OC)c([N+](=O)[O-])c2)nc2cc(C(=O)NC(CC(=O)O)c3ccc(C)cc3)ccn12. The number of amides is 1. The quantitative estimate of drug-likeness (QED) is 0.139. The van der Waals surface area contributed by atoms with Crippen LogP contribution in [0, 0.1) is 17.0 Å². The Hall–Kier alpha value is -5.46. The van der Waals surface area contributed by atoms with Crippen molar-refractivity contribution in [3.8, 4) is 17.0 Å². The first kappa shape index (κ1) is 28.5. The molecule has 2 aromatic heterocycles. The number of aromatic nitrogens is 2. The maximum Gasteiger partial charge on any atom is 0.325 e. The van der Waals surface area contributed by atoms with Gasteiger partial charge >= 0.3 is 17.6 Å². The molecular formula is C28H27N5O8. The van der Waals surface area contributed by atoms with E-state index < -0.39 is 28.8 Å². The fraction of sp³-hybridized carbons (Fsp3) is 0.214. The average Bonchev–Trinajstić information content (AvgIpc) is 3.32. The molecule has 3 N–H and O–H groups in total. The number of hydrogen-bond acceptors (Lipinski definition) is 9. The van der Waals surface area contributed by atoms with E-state index in [1.54, 1.807) is 28.8 Å². The predicted octanol–water partition coefficient (Wildman–Crippen LogP) is 3.76. The van der Waals surface area contributed by atoms with Crippen LogP contribution in [-0.4, -0.2) is 58.0 Å². The fourth-order valence-corrected chi connectivity index (χ4v) is 4.23. The molecule has 0 fully saturated rings. The van der Waals surface area contributed by atoms with Crippen LogP contribution in [-0.2, 0) is 14.3 Å². The molecule has 0 radical (unpaired) electrons. The van der Waals surface area contributed by atoms with E-state index in [4.69, 9.17) is 9.47 Å². The zero-order valence-corrected chi connectivity index (χ0v) is 22.4. The molecule has 1 amide bonds. The number of imidazole rings is 1. The summed E-state index contributed by atoms with van der Waals surface area (Å²) < 4.78 is 11.4. The van der Waals surface area contributed by atoms with Gasteiger partial charge in [0.25, 0.3) is 5.91 Å². The lowest BCUT2D eigenvalue weighted by Gasteiger charge is -2.18. The lowest BCUT2D eigenvalue weighted by molar-refractivity contribution is -0.385. The van der Waals surface area contributed by atoms with E-state index in [9.17, 15) is 29.6 Å². The fourth-order valence-electron chi connectivity index (χ4n) is 4.23. The van der Waals surface area contributed by atoms with Crippen molar-refractivity contribution in [3.63, 3.8) is 0 Å². The summed E-state index contributed by atoms with van der Waals surface area (Å²) >= 11 is 0. The van der Waals surface area contributed by atoms with Gasteiger partial charge in [-0.3, -0.25) is 28.9 Å². The van der Waals surface area contributed by atoms with Crippen molar-refractivity contribution < 1.29 is 33.9 Å². The van der Waals surface area contributed by atoms with E-state index in [2.05, 4.69) is 15.6 Å². The highest BCUT2D eigenvalue weighted by Gasteiger charge is 2.23. The molecule has 2 aromatic carbocycles. The molecule has 13 heteroatoms. The van der Waals surface area contributed by atoms with Crippen LogP contribution >= 0.6 is 0 Å². The van der Waals surface area contributed by atoms with Gasteiger partial charge < -0.3 is 25.2 Å². The van der Waals surface area contributed by atoms with Gasteiger partial charge in [0.05, 0.1) is 31.6 Å². The van der Waals surface area contributed by atoms with Crippen molar-refractivity contribution in [1.82, 2.24) is 14.7 Å². The zero-order valence-electron chi connectivity index (χ0n) is 22.4. The largest absolute Gasteiger partial charge is 0.490 e. The van der Waals surface area contributed by atoms with Gasteiger partial charge in [-0.05, 0) is 36.8 Å². The Bertz CT molecular complexity index is 1630. The van der Waals surface area contributed by atoms with Gasteiger partial charge in [0.1, 0.15) is 23.7 Å². The monoisotopic (exact) mass is 561 g/mol. The van der Waals surface area contributed by atoms with E-state index in [0.717, 1.165) is 5.56 Å². The van der Waals surface area contributed by atoms with Gasteiger partial charge in [-0.25, -0.2) is 4.98 Å². The van der Waals surface area contributed by atoms with Gasteiger partial charge in [0.2, 0.25) is 0 Å². The van der Waals surface area contributed by atoms with E-state index in [0.29, 0.717) is 22.6 Å². The van der Waals surface area contributed by atoms with Crippen molar-refractivity contribution in [3.05, 3.63) is 87.6 Å². The Morgan fingerprint density at radius 3 is 2.46 bits per heavy atom. The minimum absolute atomic E-state index is 0.0648. The number of aryl methyl sites for hydroxylation is 1. The molecule has 4 rings (SSSR count). The molecule has 1 unspecified atom stereocenters. The maximum atomic E-state index is 13.2. The molecule has 0 saturated heterocycles. The van der Waals surface area contributed by atoms with Crippen molar-refractivity contribution in [1.29, 1.82) is 0 Å².